The van der Waals surface area contributed by atoms with Crippen molar-refractivity contribution in [3.8, 4) is 0 Å². The first-order valence-corrected chi connectivity index (χ1v) is 8.77. The van der Waals surface area contributed by atoms with Crippen LogP contribution in [0.1, 0.15) is 57.8 Å². The van der Waals surface area contributed by atoms with E-state index in [-0.39, 0.29) is 17.8 Å². The van der Waals surface area contributed by atoms with Crippen LogP contribution in [0.3, 0.4) is 0 Å². The zero-order valence-electron chi connectivity index (χ0n) is 13.6. The van der Waals surface area contributed by atoms with Gasteiger partial charge in [0.15, 0.2) is 0 Å². The third kappa shape index (κ3) is 3.44. The summed E-state index contributed by atoms with van der Waals surface area (Å²) >= 11 is 0. The quantitative estimate of drug-likeness (QED) is 0.847. The van der Waals surface area contributed by atoms with Crippen LogP contribution >= 0.6 is 12.4 Å². The molecule has 4 nitrogen and oxygen atoms in total. The maximum Gasteiger partial charge on any atom is 0.230 e. The standard InChI is InChI=1S/C17H30N2O2.ClH/c18-14-17(8-12-21-13-9-17)15(20)19-10-6-16(7-11-19)4-2-1-3-5-16;/h1-14,18H2;1H. The number of rotatable bonds is 2. The van der Waals surface area contributed by atoms with Crippen LogP contribution in [0.4, 0.5) is 0 Å². The van der Waals surface area contributed by atoms with E-state index in [0.29, 0.717) is 31.1 Å². The molecule has 2 N–H and O–H groups in total. The number of nitrogens with two attached hydrogens (primary N) is 1. The van der Waals surface area contributed by atoms with Crippen LogP contribution in [0, 0.1) is 10.8 Å². The van der Waals surface area contributed by atoms with Gasteiger partial charge in [0, 0.05) is 32.8 Å². The van der Waals surface area contributed by atoms with Crippen molar-refractivity contribution in [2.45, 2.75) is 57.8 Å². The second kappa shape index (κ2) is 7.50. The van der Waals surface area contributed by atoms with Crippen LogP contribution in [0.25, 0.3) is 0 Å². The van der Waals surface area contributed by atoms with Crippen molar-refractivity contribution in [2.24, 2.45) is 16.6 Å². The first-order valence-electron chi connectivity index (χ1n) is 8.77. The van der Waals surface area contributed by atoms with E-state index >= 15 is 0 Å². The lowest BCUT2D eigenvalue weighted by Crippen LogP contribution is -2.54. The normalized spacial score (nSPS) is 27.2. The summed E-state index contributed by atoms with van der Waals surface area (Å²) in [5.41, 5.74) is 6.20. The second-order valence-electron chi connectivity index (χ2n) is 7.45. The van der Waals surface area contributed by atoms with Gasteiger partial charge in [0.05, 0.1) is 5.41 Å². The lowest BCUT2D eigenvalue weighted by molar-refractivity contribution is -0.150. The molecular weight excluding hydrogens is 300 g/mol. The number of amides is 1. The molecule has 2 saturated heterocycles. The van der Waals surface area contributed by atoms with Crippen molar-refractivity contribution in [2.75, 3.05) is 32.8 Å². The summed E-state index contributed by atoms with van der Waals surface area (Å²) in [6.07, 6.45) is 10.9. The Hall–Kier alpha value is -0.320. The van der Waals surface area contributed by atoms with Crippen LogP contribution < -0.4 is 5.73 Å². The molecule has 3 aliphatic rings. The van der Waals surface area contributed by atoms with Crippen molar-refractivity contribution < 1.29 is 9.53 Å². The maximum absolute atomic E-state index is 13.0. The molecule has 0 radical (unpaired) electrons. The lowest BCUT2D eigenvalue weighted by Gasteiger charge is -2.47. The molecule has 1 saturated carbocycles. The fourth-order valence-corrected chi connectivity index (χ4v) is 4.59. The number of ether oxygens (including phenoxy) is 1. The number of carbonyl (C=O) groups excluding carboxylic acids is 1. The highest BCUT2D eigenvalue weighted by Crippen LogP contribution is 2.45. The molecule has 3 rings (SSSR count). The van der Waals surface area contributed by atoms with E-state index in [2.05, 4.69) is 4.90 Å². The molecule has 5 heteroatoms. The largest absolute Gasteiger partial charge is 0.381 e. The van der Waals surface area contributed by atoms with Gasteiger partial charge in [-0.15, -0.1) is 12.4 Å². The Bertz CT molecular complexity index is 367. The first-order chi connectivity index (χ1) is 10.2. The molecule has 3 fully saturated rings. The van der Waals surface area contributed by atoms with Gasteiger partial charge >= 0.3 is 0 Å². The van der Waals surface area contributed by atoms with E-state index in [9.17, 15) is 4.79 Å². The molecule has 128 valence electrons. The number of piperidine rings is 1. The van der Waals surface area contributed by atoms with E-state index in [0.717, 1.165) is 25.9 Å². The topological polar surface area (TPSA) is 55.6 Å². The summed E-state index contributed by atoms with van der Waals surface area (Å²) in [4.78, 5) is 15.1. The minimum atomic E-state index is -0.338. The summed E-state index contributed by atoms with van der Waals surface area (Å²) in [6.45, 7) is 3.72. The highest BCUT2D eigenvalue weighted by molar-refractivity contribution is 5.85. The third-order valence-corrected chi connectivity index (χ3v) is 6.32. The average molecular weight is 331 g/mol. The molecule has 0 aromatic heterocycles. The van der Waals surface area contributed by atoms with Gasteiger partial charge in [0.2, 0.25) is 5.91 Å². The van der Waals surface area contributed by atoms with Gasteiger partial charge in [-0.05, 0) is 43.9 Å². The Balaban J connectivity index is 0.00000176. The lowest BCUT2D eigenvalue weighted by atomic mass is 9.67. The Morgan fingerprint density at radius 3 is 2.09 bits per heavy atom. The number of likely N-dealkylation sites (tertiary alicyclic amines) is 1. The van der Waals surface area contributed by atoms with Crippen LogP contribution in [-0.4, -0.2) is 43.7 Å². The molecule has 0 aromatic carbocycles. The van der Waals surface area contributed by atoms with Crippen molar-refractivity contribution in [3.05, 3.63) is 0 Å². The minimum Gasteiger partial charge on any atom is -0.381 e. The molecule has 1 aliphatic carbocycles. The van der Waals surface area contributed by atoms with Crippen LogP contribution in [0.5, 0.6) is 0 Å². The molecule has 2 aliphatic heterocycles. The van der Waals surface area contributed by atoms with Crippen LogP contribution in [-0.2, 0) is 9.53 Å². The van der Waals surface area contributed by atoms with Crippen molar-refractivity contribution in [3.63, 3.8) is 0 Å². The third-order valence-electron chi connectivity index (χ3n) is 6.32. The zero-order chi connectivity index (χ0) is 14.8. The Morgan fingerprint density at radius 1 is 0.955 bits per heavy atom. The van der Waals surface area contributed by atoms with Crippen LogP contribution in [0.15, 0.2) is 0 Å². The fraction of sp³-hybridized carbons (Fsp3) is 0.941. The number of halogens is 1. The molecule has 2 heterocycles. The van der Waals surface area contributed by atoms with E-state index in [1.807, 2.05) is 0 Å². The zero-order valence-corrected chi connectivity index (χ0v) is 14.5. The van der Waals surface area contributed by atoms with Gasteiger partial charge in [-0.25, -0.2) is 0 Å². The van der Waals surface area contributed by atoms with Gasteiger partial charge in [0.25, 0.3) is 0 Å². The van der Waals surface area contributed by atoms with Gasteiger partial charge in [-0.3, -0.25) is 4.79 Å². The molecule has 1 amide bonds. The number of carbonyl (C=O) groups is 1. The predicted octanol–water partition coefficient (Wildman–Crippen LogP) is 2.74. The summed E-state index contributed by atoms with van der Waals surface area (Å²) < 4.78 is 5.43. The fourth-order valence-electron chi connectivity index (χ4n) is 4.59. The van der Waals surface area contributed by atoms with Gasteiger partial charge in [-0.2, -0.15) is 0 Å². The Kier molecular flexibility index (Phi) is 6.14. The number of nitrogens with zero attached hydrogens (tertiary/aromatic N) is 1. The van der Waals surface area contributed by atoms with Gasteiger partial charge in [0.1, 0.15) is 0 Å². The highest BCUT2D eigenvalue weighted by Gasteiger charge is 2.44. The summed E-state index contributed by atoms with van der Waals surface area (Å²) in [7, 11) is 0. The number of hydrogen-bond acceptors (Lipinski definition) is 3. The molecule has 1 spiro atoms. The summed E-state index contributed by atoms with van der Waals surface area (Å²) in [6, 6.07) is 0. The van der Waals surface area contributed by atoms with E-state index in [1.165, 1.54) is 44.9 Å². The smallest absolute Gasteiger partial charge is 0.230 e. The van der Waals surface area contributed by atoms with Gasteiger partial charge in [-0.1, -0.05) is 19.3 Å². The predicted molar refractivity (Wildman–Crippen MR) is 90.1 cm³/mol. The first kappa shape index (κ1) is 18.0. The van der Waals surface area contributed by atoms with Crippen LogP contribution in [0.2, 0.25) is 0 Å². The average Bonchev–Trinajstić information content (AvgIpc) is 2.56. The van der Waals surface area contributed by atoms with E-state index in [4.69, 9.17) is 10.5 Å². The Morgan fingerprint density at radius 2 is 1.55 bits per heavy atom. The molecule has 0 aromatic rings. The Labute approximate surface area is 140 Å². The molecule has 0 unspecified atom stereocenters. The van der Waals surface area contributed by atoms with E-state index < -0.39 is 0 Å². The molecule has 0 bridgehead atoms. The summed E-state index contributed by atoms with van der Waals surface area (Å²) in [5.74, 6) is 0.305. The second-order valence-corrected chi connectivity index (χ2v) is 7.45. The van der Waals surface area contributed by atoms with Gasteiger partial charge < -0.3 is 15.4 Å². The van der Waals surface area contributed by atoms with Crippen molar-refractivity contribution >= 4 is 18.3 Å². The SMILES string of the molecule is Cl.NCC1(C(=O)N2CCC3(CCCCC3)CC2)CCOCC1. The summed E-state index contributed by atoms with van der Waals surface area (Å²) in [5, 5.41) is 0. The monoisotopic (exact) mass is 330 g/mol. The highest BCUT2D eigenvalue weighted by atomic mass is 35.5. The van der Waals surface area contributed by atoms with Crippen molar-refractivity contribution in [1.82, 2.24) is 4.90 Å². The van der Waals surface area contributed by atoms with Crippen molar-refractivity contribution in [1.29, 1.82) is 0 Å². The molecular formula is C17H31ClN2O2. The molecule has 0 atom stereocenters. The minimum absolute atomic E-state index is 0. The molecule has 22 heavy (non-hydrogen) atoms. The number of hydrogen-bond donors (Lipinski definition) is 1. The maximum atomic E-state index is 13.0. The van der Waals surface area contributed by atoms with E-state index in [1.54, 1.807) is 0 Å².